The summed E-state index contributed by atoms with van der Waals surface area (Å²) in [6.45, 7) is 6.30. The zero-order chi connectivity index (χ0) is 37.6. The minimum Gasteiger partial charge on any atom is -0.489 e. The zero-order valence-electron chi connectivity index (χ0n) is 29.8. The SMILES string of the molecule is CCOc1c(-c2cn[nH]c2)ccn2nc(Nc3ccc(S(=O)(=O)NCC4CCN(c5ccc6c(c5)CN(C5CCC(=O)NC5=O)C6=O)CC4)cc3C)nc12. The molecular formula is C37H40N10O6S. The van der Waals surface area contributed by atoms with Crippen LogP contribution in [0.5, 0.6) is 5.75 Å². The quantitative estimate of drug-likeness (QED) is 0.144. The molecule has 1 unspecified atom stereocenters. The number of anilines is 3. The Labute approximate surface area is 311 Å². The third kappa shape index (κ3) is 6.75. The first-order valence-corrected chi connectivity index (χ1v) is 19.5. The van der Waals surface area contributed by atoms with Gasteiger partial charge in [-0.1, -0.05) is 0 Å². The van der Waals surface area contributed by atoms with Gasteiger partial charge >= 0.3 is 0 Å². The molecule has 54 heavy (non-hydrogen) atoms. The van der Waals surface area contributed by atoms with Crippen LogP contribution in [-0.4, -0.2) is 88.1 Å². The highest BCUT2D eigenvalue weighted by Crippen LogP contribution is 2.35. The third-order valence-electron chi connectivity index (χ3n) is 10.4. The number of hydrogen-bond donors (Lipinski definition) is 4. The Morgan fingerprint density at radius 1 is 1.02 bits per heavy atom. The summed E-state index contributed by atoms with van der Waals surface area (Å²) in [5, 5.41) is 17.0. The molecule has 0 radical (unpaired) electrons. The average molecular weight is 753 g/mol. The predicted octanol–water partition coefficient (Wildman–Crippen LogP) is 3.53. The molecule has 4 N–H and O–H groups in total. The topological polar surface area (TPSA) is 196 Å². The van der Waals surface area contributed by atoms with Crippen LogP contribution in [-0.2, 0) is 26.2 Å². The number of fused-ring (bicyclic) bond motifs is 2. The number of carbonyl (C=O) groups excluding carboxylic acids is 3. The highest BCUT2D eigenvalue weighted by Gasteiger charge is 2.39. The molecule has 16 nitrogen and oxygen atoms in total. The van der Waals surface area contributed by atoms with E-state index >= 15 is 0 Å². The molecule has 17 heteroatoms. The van der Waals surface area contributed by atoms with E-state index in [4.69, 9.17) is 4.74 Å². The molecule has 0 bridgehead atoms. The Hall–Kier alpha value is -5.81. The van der Waals surface area contributed by atoms with Crippen LogP contribution in [0.15, 0.2) is 66.0 Å². The number of ether oxygens (including phenoxy) is 1. The number of aromatic amines is 1. The van der Waals surface area contributed by atoms with Crippen LogP contribution in [0.1, 0.15) is 54.1 Å². The molecule has 6 heterocycles. The predicted molar refractivity (Wildman–Crippen MR) is 199 cm³/mol. The van der Waals surface area contributed by atoms with Crippen LogP contribution in [0, 0.1) is 12.8 Å². The molecular weight excluding hydrogens is 713 g/mol. The number of aromatic nitrogens is 5. The van der Waals surface area contributed by atoms with Gasteiger partial charge in [-0.25, -0.2) is 17.7 Å². The Balaban J connectivity index is 0.868. The Morgan fingerprint density at radius 2 is 1.85 bits per heavy atom. The first kappa shape index (κ1) is 35.2. The van der Waals surface area contributed by atoms with E-state index in [1.165, 1.54) is 0 Å². The lowest BCUT2D eigenvalue weighted by molar-refractivity contribution is -0.136. The fourth-order valence-corrected chi connectivity index (χ4v) is 8.62. The number of sulfonamides is 1. The summed E-state index contributed by atoms with van der Waals surface area (Å²) in [6.07, 6.45) is 7.42. The van der Waals surface area contributed by atoms with Gasteiger partial charge in [-0.15, -0.1) is 5.10 Å². The van der Waals surface area contributed by atoms with Crippen molar-refractivity contribution in [1.29, 1.82) is 0 Å². The van der Waals surface area contributed by atoms with Crippen molar-refractivity contribution in [3.05, 3.63) is 77.7 Å². The van der Waals surface area contributed by atoms with Gasteiger partial charge in [0.05, 0.1) is 17.7 Å². The fraction of sp³-hybridized carbons (Fsp3) is 0.351. The van der Waals surface area contributed by atoms with Crippen LogP contribution in [0.25, 0.3) is 16.8 Å². The van der Waals surface area contributed by atoms with Gasteiger partial charge in [0.25, 0.3) is 5.91 Å². The number of benzene rings is 2. The number of amides is 3. The average Bonchev–Trinajstić information content (AvgIpc) is 3.92. The summed E-state index contributed by atoms with van der Waals surface area (Å²) in [7, 11) is -3.76. The molecule has 3 aromatic heterocycles. The number of pyridine rings is 1. The standard InChI is InChI=1S/C37H40N10O6S/c1-3-53-33-28(25-19-38-39-20-25)12-15-47-34(33)43-37(44-47)41-30-7-5-27(16-22(30)2)54(51,52)40-18-23-10-13-45(14-11-23)26-4-6-29-24(17-26)21-46(36(29)50)31-8-9-32(48)42-35(31)49/h4-7,12,15-17,19-20,23,31,40H,3,8-11,13-14,18,21H2,1-2H3,(H,38,39)(H,41,44)(H,42,48,49). The van der Waals surface area contributed by atoms with Gasteiger partial charge in [-0.3, -0.25) is 24.8 Å². The lowest BCUT2D eigenvalue weighted by Crippen LogP contribution is -2.52. The summed E-state index contributed by atoms with van der Waals surface area (Å²) >= 11 is 0. The van der Waals surface area contributed by atoms with Crippen LogP contribution >= 0.6 is 0 Å². The minimum atomic E-state index is -3.76. The van der Waals surface area contributed by atoms with Gasteiger partial charge in [0.15, 0.2) is 11.4 Å². The number of rotatable bonds is 11. The molecule has 2 fully saturated rings. The number of carbonyl (C=O) groups is 3. The minimum absolute atomic E-state index is 0.161. The van der Waals surface area contributed by atoms with E-state index in [-0.39, 0.29) is 29.0 Å². The second-order valence-corrected chi connectivity index (χ2v) is 15.6. The summed E-state index contributed by atoms with van der Waals surface area (Å²) < 4.78 is 37.2. The normalized spacial score (nSPS) is 18.0. The molecule has 3 aliphatic heterocycles. The van der Waals surface area contributed by atoms with E-state index in [1.54, 1.807) is 46.2 Å². The van der Waals surface area contributed by atoms with Gasteiger partial charge in [0, 0.05) is 73.1 Å². The number of H-pyrrole nitrogens is 1. The van der Waals surface area contributed by atoms with E-state index in [9.17, 15) is 22.8 Å². The highest BCUT2D eigenvalue weighted by molar-refractivity contribution is 7.89. The van der Waals surface area contributed by atoms with Gasteiger partial charge in [0.2, 0.25) is 27.8 Å². The van der Waals surface area contributed by atoms with E-state index < -0.39 is 22.0 Å². The lowest BCUT2D eigenvalue weighted by Gasteiger charge is -2.34. The largest absolute Gasteiger partial charge is 0.489 e. The van der Waals surface area contributed by atoms with Crippen molar-refractivity contribution in [2.75, 3.05) is 36.5 Å². The Morgan fingerprint density at radius 3 is 2.59 bits per heavy atom. The Bertz CT molecular complexity index is 2370. The summed E-state index contributed by atoms with van der Waals surface area (Å²) in [6, 6.07) is 11.9. The molecule has 2 aromatic carbocycles. The smallest absolute Gasteiger partial charge is 0.255 e. The number of aryl methyl sites for hydroxylation is 1. The third-order valence-corrected chi connectivity index (χ3v) is 11.8. The first-order valence-electron chi connectivity index (χ1n) is 18.0. The molecule has 3 amide bonds. The van der Waals surface area contributed by atoms with Crippen molar-refractivity contribution in [3.63, 3.8) is 0 Å². The monoisotopic (exact) mass is 752 g/mol. The Kier molecular flexibility index (Phi) is 9.27. The molecule has 8 rings (SSSR count). The number of nitrogens with one attached hydrogen (secondary N) is 4. The summed E-state index contributed by atoms with van der Waals surface area (Å²) in [4.78, 5) is 45.7. The maximum atomic E-state index is 13.4. The van der Waals surface area contributed by atoms with E-state index in [0.29, 0.717) is 60.3 Å². The second-order valence-electron chi connectivity index (χ2n) is 13.8. The van der Waals surface area contributed by atoms with Gasteiger partial charge in [-0.2, -0.15) is 10.1 Å². The second kappa shape index (κ2) is 14.2. The number of piperidine rings is 2. The molecule has 2 saturated heterocycles. The lowest BCUT2D eigenvalue weighted by atomic mass is 9.96. The van der Waals surface area contributed by atoms with Crippen molar-refractivity contribution < 1.29 is 27.5 Å². The zero-order valence-corrected chi connectivity index (χ0v) is 30.6. The van der Waals surface area contributed by atoms with Crippen molar-refractivity contribution in [1.82, 2.24) is 39.7 Å². The number of imide groups is 1. The number of nitrogens with zero attached hydrogens (tertiary/aromatic N) is 6. The van der Waals surface area contributed by atoms with E-state index in [1.807, 2.05) is 38.1 Å². The van der Waals surface area contributed by atoms with Crippen LogP contribution in [0.4, 0.5) is 17.3 Å². The summed E-state index contributed by atoms with van der Waals surface area (Å²) in [5.41, 5.74) is 6.04. The van der Waals surface area contributed by atoms with Crippen LogP contribution in [0.3, 0.4) is 0 Å². The first-order chi connectivity index (χ1) is 26.1. The van der Waals surface area contributed by atoms with Crippen LogP contribution in [0.2, 0.25) is 0 Å². The van der Waals surface area contributed by atoms with E-state index in [2.05, 4.69) is 40.5 Å². The molecule has 3 aliphatic rings. The van der Waals surface area contributed by atoms with Crippen LogP contribution < -0.4 is 25.0 Å². The number of hydrogen-bond acceptors (Lipinski definition) is 11. The van der Waals surface area contributed by atoms with Gasteiger partial charge in [0.1, 0.15) is 6.04 Å². The van der Waals surface area contributed by atoms with Crippen molar-refractivity contribution in [2.24, 2.45) is 5.92 Å². The van der Waals surface area contributed by atoms with Crippen molar-refractivity contribution in [3.8, 4) is 16.9 Å². The van der Waals surface area contributed by atoms with Gasteiger partial charge < -0.3 is 19.9 Å². The highest BCUT2D eigenvalue weighted by atomic mass is 32.2. The molecule has 5 aromatic rings. The fourth-order valence-electron chi connectivity index (χ4n) is 7.42. The molecule has 0 aliphatic carbocycles. The van der Waals surface area contributed by atoms with Crippen molar-refractivity contribution >= 4 is 50.7 Å². The summed E-state index contributed by atoms with van der Waals surface area (Å²) in [5.74, 6) is 0.149. The maximum Gasteiger partial charge on any atom is 0.255 e. The molecule has 1 atom stereocenters. The molecule has 0 saturated carbocycles. The van der Waals surface area contributed by atoms with Crippen molar-refractivity contribution in [2.45, 2.75) is 57.0 Å². The van der Waals surface area contributed by atoms with E-state index in [0.717, 1.165) is 48.3 Å². The molecule has 280 valence electrons. The molecule has 0 spiro atoms. The maximum absolute atomic E-state index is 13.4. The van der Waals surface area contributed by atoms with Gasteiger partial charge in [-0.05, 0) is 92.6 Å².